The summed E-state index contributed by atoms with van der Waals surface area (Å²) < 4.78 is 5.15. The van der Waals surface area contributed by atoms with Crippen LogP contribution in [0.3, 0.4) is 0 Å². The third kappa shape index (κ3) is 4.90. The molecular formula is C27H29N5O3S. The van der Waals surface area contributed by atoms with E-state index in [2.05, 4.69) is 32.5 Å². The van der Waals surface area contributed by atoms with E-state index in [1.807, 2.05) is 48.5 Å². The van der Waals surface area contributed by atoms with Gasteiger partial charge in [0.25, 0.3) is 5.91 Å². The van der Waals surface area contributed by atoms with Gasteiger partial charge < -0.3 is 20.5 Å². The first-order valence-electron chi connectivity index (χ1n) is 11.6. The molecule has 1 amide bonds. The van der Waals surface area contributed by atoms with E-state index in [-0.39, 0.29) is 25.3 Å². The highest BCUT2D eigenvalue weighted by atomic mass is 32.1. The smallest absolute Gasteiger partial charge is 0.251 e. The number of para-hydroxylation sites is 1. The molecule has 1 saturated heterocycles. The second kappa shape index (κ2) is 10.6. The van der Waals surface area contributed by atoms with Crippen LogP contribution in [0.5, 0.6) is 0 Å². The Morgan fingerprint density at radius 2 is 1.89 bits per heavy atom. The maximum Gasteiger partial charge on any atom is 0.251 e. The Bertz CT molecular complexity index is 1380. The predicted octanol–water partition coefficient (Wildman–Crippen LogP) is 3.60. The summed E-state index contributed by atoms with van der Waals surface area (Å²) in [5.74, 6) is 0.711. The van der Waals surface area contributed by atoms with Crippen molar-refractivity contribution >= 4 is 36.1 Å². The fourth-order valence-electron chi connectivity index (χ4n) is 4.32. The average molecular weight is 504 g/mol. The Balaban J connectivity index is 0.00000304. The van der Waals surface area contributed by atoms with E-state index in [0.29, 0.717) is 25.3 Å². The van der Waals surface area contributed by atoms with Crippen LogP contribution >= 0.6 is 13.5 Å². The molecule has 0 radical (unpaired) electrons. The third-order valence-electron chi connectivity index (χ3n) is 6.46. The lowest BCUT2D eigenvalue weighted by atomic mass is 9.91. The van der Waals surface area contributed by atoms with Gasteiger partial charge in [-0.15, -0.1) is 0 Å². The van der Waals surface area contributed by atoms with E-state index in [0.717, 1.165) is 39.1 Å². The number of benzene rings is 2. The van der Waals surface area contributed by atoms with Crippen molar-refractivity contribution in [2.24, 2.45) is 0 Å². The van der Waals surface area contributed by atoms with Crippen LogP contribution in [-0.4, -0.2) is 52.8 Å². The van der Waals surface area contributed by atoms with E-state index >= 15 is 0 Å². The number of carbonyl (C=O) groups is 1. The van der Waals surface area contributed by atoms with Crippen LogP contribution in [0.4, 0.5) is 5.82 Å². The number of hydrogen-bond donors (Lipinski definition) is 3. The first kappa shape index (κ1) is 25.6. The van der Waals surface area contributed by atoms with Crippen molar-refractivity contribution in [1.29, 1.82) is 0 Å². The van der Waals surface area contributed by atoms with Gasteiger partial charge in [-0.25, -0.2) is 9.97 Å². The number of ether oxygens (including phenoxy) is 1. The predicted molar refractivity (Wildman–Crippen MR) is 145 cm³/mol. The highest BCUT2D eigenvalue weighted by Crippen LogP contribution is 2.31. The minimum atomic E-state index is -0.884. The van der Waals surface area contributed by atoms with Crippen molar-refractivity contribution in [3.8, 4) is 11.3 Å². The standard InChI is InChI=1S/C27H27N5O3.H2S/c1-17(20-4-3-5-21-22(26(33)28-2)10-11-29-25(20)21)13-30-24-12-23(31-16-32-24)18-6-8-19(9-7-18)27(34)14-35-15-27;/h3-12,16-17,34H,13-15H2,1-2H3,(H,28,33)(H,30,31,32);1H2/t17-;/m1./s1. The number of amides is 1. The molecule has 0 spiro atoms. The monoisotopic (exact) mass is 503 g/mol. The van der Waals surface area contributed by atoms with E-state index in [1.165, 1.54) is 0 Å². The van der Waals surface area contributed by atoms with Gasteiger partial charge in [-0.3, -0.25) is 9.78 Å². The first-order chi connectivity index (χ1) is 17.0. The van der Waals surface area contributed by atoms with Crippen molar-refractivity contribution in [3.63, 3.8) is 0 Å². The first-order valence-corrected chi connectivity index (χ1v) is 11.6. The van der Waals surface area contributed by atoms with Crippen LogP contribution in [0.1, 0.15) is 34.3 Å². The molecule has 2 aromatic heterocycles. The molecule has 36 heavy (non-hydrogen) atoms. The van der Waals surface area contributed by atoms with Gasteiger partial charge in [0.1, 0.15) is 17.7 Å². The summed E-state index contributed by atoms with van der Waals surface area (Å²) >= 11 is 0. The highest BCUT2D eigenvalue weighted by Gasteiger charge is 2.37. The summed E-state index contributed by atoms with van der Waals surface area (Å²) in [7, 11) is 1.63. The maximum absolute atomic E-state index is 12.3. The zero-order valence-electron chi connectivity index (χ0n) is 20.2. The molecule has 0 unspecified atom stereocenters. The Labute approximate surface area is 216 Å². The van der Waals surface area contributed by atoms with Gasteiger partial charge >= 0.3 is 0 Å². The fourth-order valence-corrected chi connectivity index (χ4v) is 4.32. The highest BCUT2D eigenvalue weighted by molar-refractivity contribution is 7.59. The maximum atomic E-state index is 12.3. The van der Waals surface area contributed by atoms with Crippen molar-refractivity contribution in [3.05, 3.63) is 83.8 Å². The normalized spacial score (nSPS) is 14.9. The molecule has 1 aliphatic rings. The molecule has 2 aromatic carbocycles. The zero-order chi connectivity index (χ0) is 24.4. The van der Waals surface area contributed by atoms with Crippen molar-refractivity contribution < 1.29 is 14.6 Å². The molecule has 0 saturated carbocycles. The zero-order valence-corrected chi connectivity index (χ0v) is 21.2. The van der Waals surface area contributed by atoms with Crippen molar-refractivity contribution in [2.75, 3.05) is 32.1 Å². The van der Waals surface area contributed by atoms with Gasteiger partial charge in [0.2, 0.25) is 0 Å². The van der Waals surface area contributed by atoms with Crippen LogP contribution in [-0.2, 0) is 10.3 Å². The van der Waals surface area contributed by atoms with Crippen molar-refractivity contribution in [2.45, 2.75) is 18.4 Å². The molecule has 0 bridgehead atoms. The number of nitrogens with zero attached hydrogens (tertiary/aromatic N) is 3. The third-order valence-corrected chi connectivity index (χ3v) is 6.46. The lowest BCUT2D eigenvalue weighted by molar-refractivity contribution is -0.184. The largest absolute Gasteiger partial charge is 0.380 e. The van der Waals surface area contributed by atoms with Crippen LogP contribution in [0.25, 0.3) is 22.2 Å². The topological polar surface area (TPSA) is 109 Å². The Kier molecular flexibility index (Phi) is 7.53. The van der Waals surface area contributed by atoms with E-state index in [4.69, 9.17) is 4.74 Å². The quantitative estimate of drug-likeness (QED) is 0.354. The summed E-state index contributed by atoms with van der Waals surface area (Å²) in [6.07, 6.45) is 3.22. The van der Waals surface area contributed by atoms with Gasteiger partial charge in [0.15, 0.2) is 0 Å². The van der Waals surface area contributed by atoms with Gasteiger partial charge in [0, 0.05) is 42.7 Å². The number of carbonyl (C=O) groups excluding carboxylic acids is 1. The van der Waals surface area contributed by atoms with Gasteiger partial charge in [-0.2, -0.15) is 13.5 Å². The number of aliphatic hydroxyl groups is 1. The Hall–Kier alpha value is -3.53. The minimum Gasteiger partial charge on any atom is -0.380 e. The molecule has 5 rings (SSSR count). The number of pyridine rings is 1. The van der Waals surface area contributed by atoms with E-state index in [9.17, 15) is 9.90 Å². The molecular weight excluding hydrogens is 474 g/mol. The second-order valence-corrected chi connectivity index (χ2v) is 8.85. The van der Waals surface area contributed by atoms with E-state index in [1.54, 1.807) is 25.6 Å². The molecule has 1 atom stereocenters. The number of fused-ring (bicyclic) bond motifs is 1. The van der Waals surface area contributed by atoms with Gasteiger partial charge in [-0.05, 0) is 17.2 Å². The summed E-state index contributed by atoms with van der Waals surface area (Å²) in [4.78, 5) is 25.6. The molecule has 4 aromatic rings. The molecule has 3 heterocycles. The van der Waals surface area contributed by atoms with Crippen LogP contribution in [0.15, 0.2) is 67.1 Å². The summed E-state index contributed by atoms with van der Waals surface area (Å²) in [5.41, 5.74) is 4.19. The lowest BCUT2D eigenvalue weighted by Crippen LogP contribution is -2.46. The average Bonchev–Trinajstić information content (AvgIpc) is 2.89. The van der Waals surface area contributed by atoms with Crippen molar-refractivity contribution in [1.82, 2.24) is 20.3 Å². The number of aromatic nitrogens is 3. The van der Waals surface area contributed by atoms with Gasteiger partial charge in [-0.1, -0.05) is 49.4 Å². The van der Waals surface area contributed by atoms with Crippen LogP contribution < -0.4 is 10.6 Å². The van der Waals surface area contributed by atoms with Crippen LogP contribution in [0.2, 0.25) is 0 Å². The second-order valence-electron chi connectivity index (χ2n) is 8.85. The molecule has 1 fully saturated rings. The Morgan fingerprint density at radius 1 is 1.11 bits per heavy atom. The summed E-state index contributed by atoms with van der Waals surface area (Å²) in [6, 6.07) is 17.3. The van der Waals surface area contributed by atoms with Gasteiger partial charge in [0.05, 0.1) is 30.0 Å². The molecule has 186 valence electrons. The molecule has 0 aliphatic carbocycles. The lowest BCUT2D eigenvalue weighted by Gasteiger charge is -2.36. The molecule has 1 aliphatic heterocycles. The number of hydrogen-bond acceptors (Lipinski definition) is 7. The Morgan fingerprint density at radius 3 is 2.58 bits per heavy atom. The number of rotatable bonds is 7. The number of anilines is 1. The number of nitrogens with one attached hydrogen (secondary N) is 2. The molecule has 9 heteroatoms. The molecule has 3 N–H and O–H groups in total. The summed E-state index contributed by atoms with van der Waals surface area (Å²) in [6.45, 7) is 3.40. The fraction of sp³-hybridized carbons (Fsp3) is 0.259. The van der Waals surface area contributed by atoms with E-state index < -0.39 is 5.60 Å². The SMILES string of the molecule is CNC(=O)c1ccnc2c([C@H](C)CNc3cc(-c4ccc(C5(O)COC5)cc4)ncn3)cccc12.S. The minimum absolute atomic E-state index is 0. The molecule has 8 nitrogen and oxygen atoms in total. The van der Waals surface area contributed by atoms with Crippen LogP contribution in [0, 0.1) is 0 Å². The summed E-state index contributed by atoms with van der Waals surface area (Å²) in [5, 5.41) is 17.4.